The molecule has 0 aliphatic carbocycles. The third kappa shape index (κ3) is 2.95. The summed E-state index contributed by atoms with van der Waals surface area (Å²) >= 11 is 0. The Bertz CT molecular complexity index is 527. The highest BCUT2D eigenvalue weighted by molar-refractivity contribution is 6.68. The van der Waals surface area contributed by atoms with Crippen LogP contribution in [0.15, 0.2) is 48.5 Å². The molecule has 0 spiro atoms. The summed E-state index contributed by atoms with van der Waals surface area (Å²) in [5.41, 5.74) is 10.6. The summed E-state index contributed by atoms with van der Waals surface area (Å²) in [5.74, 6) is 0. The summed E-state index contributed by atoms with van der Waals surface area (Å²) in [4.78, 5) is 0. The lowest BCUT2D eigenvalue weighted by atomic mass is 9.62. The molecule has 2 aromatic rings. The van der Waals surface area contributed by atoms with Crippen molar-refractivity contribution in [3.63, 3.8) is 0 Å². The van der Waals surface area contributed by atoms with E-state index < -0.39 is 0 Å². The van der Waals surface area contributed by atoms with Gasteiger partial charge in [-0.3, -0.25) is 0 Å². The Balaban J connectivity index is 2.33. The van der Waals surface area contributed by atoms with Crippen molar-refractivity contribution in [3.05, 3.63) is 54.1 Å². The van der Waals surface area contributed by atoms with Crippen LogP contribution in [0.1, 0.15) is 26.3 Å². The Morgan fingerprint density at radius 1 is 0.944 bits per heavy atom. The Morgan fingerprint density at radius 3 is 2.22 bits per heavy atom. The van der Waals surface area contributed by atoms with Crippen molar-refractivity contribution >= 4 is 23.9 Å². The molecule has 0 saturated heterocycles. The van der Waals surface area contributed by atoms with E-state index in [4.69, 9.17) is 5.73 Å². The van der Waals surface area contributed by atoms with Crippen LogP contribution >= 0.6 is 0 Å². The smallest absolute Gasteiger partial charge is 0.194 e. The lowest BCUT2D eigenvalue weighted by molar-refractivity contribution is 0.591. The zero-order valence-electron chi connectivity index (χ0n) is 11.3. The second-order valence-electron chi connectivity index (χ2n) is 5.65. The van der Waals surface area contributed by atoms with Gasteiger partial charge in [0.15, 0.2) is 7.28 Å². The Kier molecular flexibility index (Phi) is 3.47. The second-order valence-corrected chi connectivity index (χ2v) is 5.65. The third-order valence-corrected chi connectivity index (χ3v) is 3.07. The number of nitrogen functional groups attached to an aromatic ring is 1. The van der Waals surface area contributed by atoms with Gasteiger partial charge in [-0.1, -0.05) is 74.2 Å². The highest BCUT2D eigenvalue weighted by Gasteiger charge is 2.15. The lowest BCUT2D eigenvalue weighted by Crippen LogP contribution is -2.30. The predicted octanol–water partition coefficient (Wildman–Crippen LogP) is 2.22. The van der Waals surface area contributed by atoms with Crippen LogP contribution < -0.4 is 16.7 Å². The third-order valence-electron chi connectivity index (χ3n) is 3.07. The molecule has 0 fully saturated rings. The molecule has 0 aliphatic rings. The molecule has 0 aliphatic heterocycles. The van der Waals surface area contributed by atoms with Gasteiger partial charge in [-0.2, -0.15) is 0 Å². The largest absolute Gasteiger partial charge is 0.399 e. The van der Waals surface area contributed by atoms with Crippen molar-refractivity contribution in [1.82, 2.24) is 0 Å². The molecule has 2 aromatic carbocycles. The molecule has 18 heavy (non-hydrogen) atoms. The predicted molar refractivity (Wildman–Crippen MR) is 81.0 cm³/mol. The van der Waals surface area contributed by atoms with E-state index in [1.165, 1.54) is 11.0 Å². The molecule has 0 atom stereocenters. The van der Waals surface area contributed by atoms with Crippen LogP contribution in [-0.4, -0.2) is 7.28 Å². The highest BCUT2D eigenvalue weighted by atomic mass is 14.5. The molecule has 0 heterocycles. The standard InChI is InChI=1S/C16H19BN/c1-16(2,3)12-9-10-15(18)14(11-12)17-13-7-5-4-6-8-13/h4-11H,18H2,1-3H3. The molecular formula is C16H19BN. The first-order valence-electron chi connectivity index (χ1n) is 6.26. The maximum Gasteiger partial charge on any atom is 0.194 e. The van der Waals surface area contributed by atoms with Crippen molar-refractivity contribution in [1.29, 1.82) is 0 Å². The molecular weight excluding hydrogens is 217 g/mol. The van der Waals surface area contributed by atoms with Gasteiger partial charge in [0.1, 0.15) is 0 Å². The van der Waals surface area contributed by atoms with E-state index in [2.05, 4.69) is 52.3 Å². The van der Waals surface area contributed by atoms with Crippen LogP contribution in [0.2, 0.25) is 0 Å². The topological polar surface area (TPSA) is 26.0 Å². The van der Waals surface area contributed by atoms with Crippen molar-refractivity contribution < 1.29 is 0 Å². The fraction of sp³-hybridized carbons (Fsp3) is 0.250. The fourth-order valence-electron chi connectivity index (χ4n) is 1.90. The van der Waals surface area contributed by atoms with Crippen LogP contribution in [0.4, 0.5) is 5.69 Å². The van der Waals surface area contributed by atoms with E-state index >= 15 is 0 Å². The molecule has 0 bridgehead atoms. The van der Waals surface area contributed by atoms with Crippen molar-refractivity contribution in [3.8, 4) is 0 Å². The van der Waals surface area contributed by atoms with Gasteiger partial charge in [0.05, 0.1) is 0 Å². The van der Waals surface area contributed by atoms with Crippen LogP contribution in [-0.2, 0) is 5.41 Å². The summed E-state index contributed by atoms with van der Waals surface area (Å²) in [5, 5.41) is 0. The van der Waals surface area contributed by atoms with E-state index in [9.17, 15) is 0 Å². The van der Waals surface area contributed by atoms with E-state index in [1.54, 1.807) is 0 Å². The second kappa shape index (κ2) is 4.89. The molecule has 0 aromatic heterocycles. The molecule has 1 nitrogen and oxygen atoms in total. The van der Waals surface area contributed by atoms with E-state index in [1.807, 2.05) is 24.3 Å². The number of hydrogen-bond acceptors (Lipinski definition) is 1. The molecule has 0 amide bonds. The van der Waals surface area contributed by atoms with Crippen molar-refractivity contribution in [2.45, 2.75) is 26.2 Å². The minimum absolute atomic E-state index is 0.146. The van der Waals surface area contributed by atoms with Gasteiger partial charge < -0.3 is 5.73 Å². The molecule has 0 unspecified atom stereocenters. The monoisotopic (exact) mass is 236 g/mol. The minimum atomic E-state index is 0.146. The zero-order valence-corrected chi connectivity index (χ0v) is 11.3. The normalized spacial score (nSPS) is 11.3. The van der Waals surface area contributed by atoms with Gasteiger partial charge in [-0.05, 0) is 17.0 Å². The zero-order chi connectivity index (χ0) is 13.2. The summed E-state index contributed by atoms with van der Waals surface area (Å²) in [6, 6.07) is 16.6. The molecule has 91 valence electrons. The summed E-state index contributed by atoms with van der Waals surface area (Å²) in [6.07, 6.45) is 0. The molecule has 1 radical (unpaired) electrons. The van der Waals surface area contributed by atoms with Crippen LogP contribution in [0.3, 0.4) is 0 Å². The number of hydrogen-bond donors (Lipinski definition) is 1. The average molecular weight is 236 g/mol. The Labute approximate surface area is 110 Å². The highest BCUT2D eigenvalue weighted by Crippen LogP contribution is 2.21. The average Bonchev–Trinajstić information content (AvgIpc) is 2.32. The van der Waals surface area contributed by atoms with E-state index in [0.29, 0.717) is 0 Å². The van der Waals surface area contributed by atoms with Crippen LogP contribution in [0, 0.1) is 0 Å². The van der Waals surface area contributed by atoms with Crippen molar-refractivity contribution in [2.24, 2.45) is 0 Å². The summed E-state index contributed by atoms with van der Waals surface area (Å²) < 4.78 is 0. The Hall–Kier alpha value is -1.70. The molecule has 0 saturated carbocycles. The maximum atomic E-state index is 6.05. The first-order chi connectivity index (χ1) is 8.47. The van der Waals surface area contributed by atoms with Gasteiger partial charge in [0.25, 0.3) is 0 Å². The van der Waals surface area contributed by atoms with Gasteiger partial charge in [0, 0.05) is 5.69 Å². The summed E-state index contributed by atoms with van der Waals surface area (Å²) in [6.45, 7) is 6.64. The van der Waals surface area contributed by atoms with Gasteiger partial charge in [-0.25, -0.2) is 0 Å². The van der Waals surface area contributed by atoms with Gasteiger partial charge in [-0.15, -0.1) is 0 Å². The van der Waals surface area contributed by atoms with Crippen LogP contribution in [0.25, 0.3) is 0 Å². The number of nitrogens with two attached hydrogens (primary N) is 1. The molecule has 2 rings (SSSR count). The van der Waals surface area contributed by atoms with E-state index in [-0.39, 0.29) is 5.41 Å². The van der Waals surface area contributed by atoms with E-state index in [0.717, 1.165) is 11.2 Å². The quantitative estimate of drug-likeness (QED) is 0.628. The van der Waals surface area contributed by atoms with Gasteiger partial charge in [0.2, 0.25) is 0 Å². The molecule has 2 heteroatoms. The van der Waals surface area contributed by atoms with Crippen molar-refractivity contribution in [2.75, 3.05) is 5.73 Å². The van der Waals surface area contributed by atoms with Crippen LogP contribution in [0.5, 0.6) is 0 Å². The lowest BCUT2D eigenvalue weighted by Gasteiger charge is -2.20. The summed E-state index contributed by atoms with van der Waals surface area (Å²) in [7, 11) is 2.13. The molecule has 2 N–H and O–H groups in total. The first-order valence-corrected chi connectivity index (χ1v) is 6.26. The SMILES string of the molecule is CC(C)(C)c1ccc(N)c([B]c2ccccc2)c1. The number of anilines is 1. The maximum absolute atomic E-state index is 6.05. The first kappa shape index (κ1) is 12.8. The van der Waals surface area contributed by atoms with Gasteiger partial charge >= 0.3 is 0 Å². The fourth-order valence-corrected chi connectivity index (χ4v) is 1.90. The minimum Gasteiger partial charge on any atom is -0.399 e. The number of rotatable bonds is 2. The number of benzene rings is 2. The Morgan fingerprint density at radius 2 is 1.61 bits per heavy atom.